The Bertz CT molecular complexity index is 1200. The van der Waals surface area contributed by atoms with Crippen LogP contribution in [-0.4, -0.2) is 52.6 Å². The molecular weight excluding hydrogens is 486 g/mol. The number of nitrogens with one attached hydrogen (secondary N) is 2. The van der Waals surface area contributed by atoms with Crippen LogP contribution in [0.4, 0.5) is 5.69 Å². The molecule has 0 saturated carbocycles. The number of aliphatic hydroxyl groups is 1. The summed E-state index contributed by atoms with van der Waals surface area (Å²) in [5.74, 6) is -2.04. The summed E-state index contributed by atoms with van der Waals surface area (Å²) in [6, 6.07) is 8.44. The number of anilines is 1. The summed E-state index contributed by atoms with van der Waals surface area (Å²) >= 11 is 5.72. The number of nitrogens with two attached hydrogens (primary N) is 1. The molecule has 2 aromatic carbocycles. The highest BCUT2D eigenvalue weighted by atomic mass is 35.5. The third kappa shape index (κ3) is 7.25. The first-order valence-electron chi connectivity index (χ1n) is 8.85. The molecule has 0 aromatic heterocycles. The lowest BCUT2D eigenvalue weighted by Crippen LogP contribution is -2.48. The maximum Gasteiger partial charge on any atom is 0.327 e. The molecule has 0 aliphatic carbocycles. The van der Waals surface area contributed by atoms with Crippen molar-refractivity contribution in [3.63, 3.8) is 0 Å². The molecule has 5 N–H and O–H groups in total. The Labute approximate surface area is 189 Å². The lowest BCUT2D eigenvalue weighted by atomic mass is 10.2. The number of primary sulfonamides is 1. The summed E-state index contributed by atoms with van der Waals surface area (Å²) in [6.45, 7) is 0.333. The molecule has 11 nitrogen and oxygen atoms in total. The van der Waals surface area contributed by atoms with E-state index in [9.17, 15) is 31.5 Å². The van der Waals surface area contributed by atoms with Crippen LogP contribution in [0.5, 0.6) is 0 Å². The van der Waals surface area contributed by atoms with E-state index in [4.69, 9.17) is 21.5 Å². The minimum atomic E-state index is -4.21. The maximum atomic E-state index is 12.4. The highest BCUT2D eigenvalue weighted by molar-refractivity contribution is 7.89. The van der Waals surface area contributed by atoms with E-state index in [-0.39, 0.29) is 15.5 Å². The van der Waals surface area contributed by atoms with E-state index in [2.05, 4.69) is 5.32 Å². The van der Waals surface area contributed by atoms with Gasteiger partial charge in [-0.3, -0.25) is 9.59 Å². The number of aliphatic hydroxyl groups excluding tert-OH is 1. The molecule has 0 radical (unpaired) electrons. The van der Waals surface area contributed by atoms with Crippen LogP contribution in [0.1, 0.15) is 6.92 Å². The number of halogens is 1. The topological polar surface area (TPSA) is 182 Å². The third-order valence-electron chi connectivity index (χ3n) is 3.93. The average molecular weight is 506 g/mol. The summed E-state index contributed by atoms with van der Waals surface area (Å²) in [4.78, 5) is 23.9. The molecule has 2 atom stereocenters. The molecule has 0 bridgehead atoms. The van der Waals surface area contributed by atoms with E-state index in [1.54, 1.807) is 0 Å². The Morgan fingerprint density at radius 1 is 1.09 bits per heavy atom. The van der Waals surface area contributed by atoms with Crippen molar-refractivity contribution >= 4 is 49.2 Å². The van der Waals surface area contributed by atoms with Gasteiger partial charge in [0.2, 0.25) is 20.0 Å². The van der Waals surface area contributed by atoms with Crippen molar-refractivity contribution in [2.75, 3.05) is 11.9 Å². The van der Waals surface area contributed by atoms with E-state index in [1.807, 2.05) is 4.72 Å². The first-order valence-corrected chi connectivity index (χ1v) is 12.3. The molecule has 2 aromatic rings. The number of carbonyl (C=O) groups excluding carboxylic acids is 2. The molecule has 174 valence electrons. The zero-order valence-corrected chi connectivity index (χ0v) is 18.9. The van der Waals surface area contributed by atoms with Crippen LogP contribution >= 0.6 is 11.6 Å². The second-order valence-electron chi connectivity index (χ2n) is 6.52. The van der Waals surface area contributed by atoms with Crippen LogP contribution in [0.25, 0.3) is 0 Å². The minimum absolute atomic E-state index is 0.0769. The van der Waals surface area contributed by atoms with Crippen molar-refractivity contribution in [2.24, 2.45) is 5.14 Å². The Kier molecular flexibility index (Phi) is 8.34. The zero-order chi connectivity index (χ0) is 24.1. The van der Waals surface area contributed by atoms with E-state index in [0.29, 0.717) is 5.02 Å². The Hall–Kier alpha value is -2.55. The standard InChI is InChI=1S/C18H20ClN3O8S2/c1-11(23)17(22-32(28,29)14-7-5-12(19)6-8-14)18(25)30-10-16(24)21-13-3-2-4-15(9-13)31(20,26)27/h2-9,11,17,22-23H,10H2,1H3,(H,21,24)(H2,20,26,27). The molecular formula is C18H20ClN3O8S2. The number of carbonyl (C=O) groups is 2. The van der Waals surface area contributed by atoms with Gasteiger partial charge in [-0.05, 0) is 49.4 Å². The fourth-order valence-electron chi connectivity index (χ4n) is 2.37. The van der Waals surface area contributed by atoms with Crippen LogP contribution in [0.3, 0.4) is 0 Å². The highest BCUT2D eigenvalue weighted by Crippen LogP contribution is 2.16. The summed E-state index contributed by atoms with van der Waals surface area (Å²) in [5.41, 5.74) is 0.0769. The van der Waals surface area contributed by atoms with Gasteiger partial charge >= 0.3 is 5.97 Å². The first kappa shape index (κ1) is 25.7. The van der Waals surface area contributed by atoms with Gasteiger partial charge in [0.15, 0.2) is 6.61 Å². The monoisotopic (exact) mass is 505 g/mol. The molecule has 0 spiro atoms. The number of hydrogen-bond donors (Lipinski definition) is 4. The second kappa shape index (κ2) is 10.4. The van der Waals surface area contributed by atoms with Crippen molar-refractivity contribution in [2.45, 2.75) is 28.9 Å². The maximum absolute atomic E-state index is 12.4. The van der Waals surface area contributed by atoms with Gasteiger partial charge in [-0.25, -0.2) is 22.0 Å². The number of rotatable bonds is 9. The lowest BCUT2D eigenvalue weighted by molar-refractivity contribution is -0.151. The Morgan fingerprint density at radius 3 is 2.28 bits per heavy atom. The lowest BCUT2D eigenvalue weighted by Gasteiger charge is -2.20. The summed E-state index contributed by atoms with van der Waals surface area (Å²) in [6.07, 6.45) is -1.49. The van der Waals surface area contributed by atoms with Crippen molar-refractivity contribution in [1.29, 1.82) is 0 Å². The summed E-state index contributed by atoms with van der Waals surface area (Å²) in [7, 11) is -8.20. The molecule has 1 amide bonds. The van der Waals surface area contributed by atoms with Gasteiger partial charge in [-0.15, -0.1) is 0 Å². The van der Waals surface area contributed by atoms with Gasteiger partial charge < -0.3 is 15.2 Å². The molecule has 14 heteroatoms. The van der Waals surface area contributed by atoms with Gasteiger partial charge in [0.25, 0.3) is 5.91 Å². The predicted octanol–water partition coefficient (Wildman–Crippen LogP) is 0.197. The van der Waals surface area contributed by atoms with Gasteiger partial charge in [-0.1, -0.05) is 17.7 Å². The van der Waals surface area contributed by atoms with Gasteiger partial charge in [-0.2, -0.15) is 4.72 Å². The Balaban J connectivity index is 2.02. The molecule has 2 unspecified atom stereocenters. The highest BCUT2D eigenvalue weighted by Gasteiger charge is 2.31. The third-order valence-corrected chi connectivity index (χ3v) is 6.55. The van der Waals surface area contributed by atoms with Crippen LogP contribution in [0, 0.1) is 0 Å². The smallest absolute Gasteiger partial charge is 0.327 e. The van der Waals surface area contributed by atoms with Crippen LogP contribution in [0.2, 0.25) is 5.02 Å². The van der Waals surface area contributed by atoms with E-state index in [0.717, 1.165) is 13.0 Å². The fourth-order valence-corrected chi connectivity index (χ4v) is 4.31. The minimum Gasteiger partial charge on any atom is -0.454 e. The number of sulfonamides is 2. The predicted molar refractivity (Wildman–Crippen MR) is 115 cm³/mol. The Morgan fingerprint density at radius 2 is 1.72 bits per heavy atom. The van der Waals surface area contributed by atoms with Gasteiger partial charge in [0, 0.05) is 10.7 Å². The van der Waals surface area contributed by atoms with Gasteiger partial charge in [0.05, 0.1) is 15.9 Å². The molecule has 0 aliphatic rings. The fraction of sp³-hybridized carbons (Fsp3) is 0.222. The van der Waals surface area contributed by atoms with Crippen LogP contribution in [-0.2, 0) is 34.4 Å². The van der Waals surface area contributed by atoms with E-state index in [1.165, 1.54) is 42.5 Å². The normalized spacial score (nSPS) is 13.8. The number of esters is 1. The second-order valence-corrected chi connectivity index (χ2v) is 10.2. The van der Waals surface area contributed by atoms with Gasteiger partial charge in [0.1, 0.15) is 6.04 Å². The number of benzene rings is 2. The first-order chi connectivity index (χ1) is 14.8. The van der Waals surface area contributed by atoms with E-state index < -0.39 is 50.7 Å². The molecule has 0 saturated heterocycles. The van der Waals surface area contributed by atoms with Crippen molar-refractivity contribution < 1.29 is 36.3 Å². The van der Waals surface area contributed by atoms with Crippen LogP contribution in [0.15, 0.2) is 58.3 Å². The molecule has 32 heavy (non-hydrogen) atoms. The van der Waals surface area contributed by atoms with E-state index >= 15 is 0 Å². The van der Waals surface area contributed by atoms with Crippen LogP contribution < -0.4 is 15.2 Å². The summed E-state index contributed by atoms with van der Waals surface area (Å²) in [5, 5.41) is 17.5. The van der Waals surface area contributed by atoms with Crippen molar-refractivity contribution in [1.82, 2.24) is 4.72 Å². The average Bonchev–Trinajstić information content (AvgIpc) is 2.70. The largest absolute Gasteiger partial charge is 0.454 e. The number of amides is 1. The quantitative estimate of drug-likeness (QED) is 0.348. The zero-order valence-electron chi connectivity index (χ0n) is 16.6. The molecule has 0 heterocycles. The van der Waals surface area contributed by atoms with Crippen molar-refractivity contribution in [3.05, 3.63) is 53.6 Å². The molecule has 2 rings (SSSR count). The SMILES string of the molecule is CC(O)C(NS(=O)(=O)c1ccc(Cl)cc1)C(=O)OCC(=O)Nc1cccc(S(N)(=O)=O)c1. The number of ether oxygens (including phenoxy) is 1. The molecule has 0 aliphatic heterocycles. The van der Waals surface area contributed by atoms with Crippen molar-refractivity contribution in [3.8, 4) is 0 Å². The number of hydrogen-bond acceptors (Lipinski definition) is 8. The molecule has 0 fully saturated rings. The summed E-state index contributed by atoms with van der Waals surface area (Å²) < 4.78 is 54.4.